The molecule has 0 spiro atoms. The second-order valence-corrected chi connectivity index (χ2v) is 7.12. The summed E-state index contributed by atoms with van der Waals surface area (Å²) in [4.78, 5) is 0. The van der Waals surface area contributed by atoms with Gasteiger partial charge in [0.15, 0.2) is 17.4 Å². The first-order valence-corrected chi connectivity index (χ1v) is 9.79. The van der Waals surface area contributed by atoms with Crippen LogP contribution in [0.5, 0.6) is 5.75 Å². The molecule has 0 amide bonds. The third-order valence-electron chi connectivity index (χ3n) is 5.10. The number of ether oxygens (including phenoxy) is 1. The molecule has 0 N–H and O–H groups in total. The number of hydrogen-bond acceptors (Lipinski definition) is 1. The number of rotatable bonds is 8. The molecule has 4 heteroatoms. The van der Waals surface area contributed by atoms with Crippen LogP contribution in [-0.2, 0) is 6.42 Å². The molecule has 0 aliphatic carbocycles. The number of aryl methyl sites for hydroxylation is 1. The van der Waals surface area contributed by atoms with Gasteiger partial charge in [0, 0.05) is 10.9 Å². The second kappa shape index (κ2) is 9.13. The average Bonchev–Trinajstić information content (AvgIpc) is 2.68. The van der Waals surface area contributed by atoms with E-state index in [2.05, 4.69) is 6.92 Å². The van der Waals surface area contributed by atoms with Gasteiger partial charge in [-0.15, -0.1) is 0 Å². The van der Waals surface area contributed by atoms with E-state index in [4.69, 9.17) is 4.74 Å². The van der Waals surface area contributed by atoms with Crippen molar-refractivity contribution in [3.63, 3.8) is 0 Å². The van der Waals surface area contributed by atoms with Gasteiger partial charge < -0.3 is 4.74 Å². The van der Waals surface area contributed by atoms with Gasteiger partial charge in [-0.25, -0.2) is 13.2 Å². The Hall–Kier alpha value is -2.49. The first-order valence-electron chi connectivity index (χ1n) is 9.79. The number of hydrogen-bond donors (Lipinski definition) is 0. The maximum absolute atomic E-state index is 15.0. The van der Waals surface area contributed by atoms with Crippen molar-refractivity contribution in [3.05, 3.63) is 65.5 Å². The summed E-state index contributed by atoms with van der Waals surface area (Å²) in [5.74, 6) is -2.64. The predicted octanol–water partition coefficient (Wildman–Crippen LogP) is 7.45. The maximum atomic E-state index is 15.0. The molecule has 0 saturated heterocycles. The van der Waals surface area contributed by atoms with Gasteiger partial charge in [0.05, 0.1) is 7.11 Å². The molecule has 0 radical (unpaired) electrons. The zero-order valence-corrected chi connectivity index (χ0v) is 16.3. The van der Waals surface area contributed by atoms with Crippen molar-refractivity contribution in [2.24, 2.45) is 0 Å². The molecular formula is C24H25F3O. The summed E-state index contributed by atoms with van der Waals surface area (Å²) in [5, 5.41) is 1.24. The van der Waals surface area contributed by atoms with Crippen LogP contribution in [-0.4, -0.2) is 7.11 Å². The zero-order chi connectivity index (χ0) is 20.1. The van der Waals surface area contributed by atoms with Crippen molar-refractivity contribution < 1.29 is 17.9 Å². The lowest BCUT2D eigenvalue weighted by Gasteiger charge is -2.11. The average molecular weight is 386 g/mol. The Kier molecular flexibility index (Phi) is 6.61. The third-order valence-corrected chi connectivity index (χ3v) is 5.10. The van der Waals surface area contributed by atoms with E-state index in [1.54, 1.807) is 18.2 Å². The largest absolute Gasteiger partial charge is 0.491 e. The van der Waals surface area contributed by atoms with Crippen LogP contribution in [0.4, 0.5) is 13.2 Å². The van der Waals surface area contributed by atoms with Crippen molar-refractivity contribution >= 4 is 10.8 Å². The van der Waals surface area contributed by atoms with Crippen LogP contribution < -0.4 is 4.74 Å². The van der Waals surface area contributed by atoms with E-state index < -0.39 is 23.2 Å². The fraction of sp³-hybridized carbons (Fsp3) is 0.333. The Morgan fingerprint density at radius 1 is 0.821 bits per heavy atom. The summed E-state index contributed by atoms with van der Waals surface area (Å²) in [6, 6.07) is 11.2. The van der Waals surface area contributed by atoms with Gasteiger partial charge in [-0.3, -0.25) is 0 Å². The molecular weight excluding hydrogens is 361 g/mol. The van der Waals surface area contributed by atoms with Gasteiger partial charge in [-0.1, -0.05) is 62.9 Å². The summed E-state index contributed by atoms with van der Waals surface area (Å²) < 4.78 is 47.7. The van der Waals surface area contributed by atoms with Gasteiger partial charge in [-0.2, -0.15) is 0 Å². The van der Waals surface area contributed by atoms with E-state index in [1.165, 1.54) is 38.4 Å². The lowest BCUT2D eigenvalue weighted by molar-refractivity contribution is 0.360. The lowest BCUT2D eigenvalue weighted by Crippen LogP contribution is -1.95. The molecule has 0 fully saturated rings. The maximum Gasteiger partial charge on any atom is 0.190 e. The van der Waals surface area contributed by atoms with Gasteiger partial charge >= 0.3 is 0 Å². The van der Waals surface area contributed by atoms with Crippen molar-refractivity contribution in [2.75, 3.05) is 7.11 Å². The fourth-order valence-electron chi connectivity index (χ4n) is 3.56. The van der Waals surface area contributed by atoms with Gasteiger partial charge in [0.25, 0.3) is 0 Å². The van der Waals surface area contributed by atoms with E-state index in [0.717, 1.165) is 30.4 Å². The summed E-state index contributed by atoms with van der Waals surface area (Å²) >= 11 is 0. The monoisotopic (exact) mass is 386 g/mol. The first-order chi connectivity index (χ1) is 13.5. The number of benzene rings is 3. The highest BCUT2D eigenvalue weighted by Gasteiger charge is 2.16. The molecule has 0 atom stereocenters. The summed E-state index contributed by atoms with van der Waals surface area (Å²) in [7, 11) is 1.19. The normalized spacial score (nSPS) is 11.2. The topological polar surface area (TPSA) is 9.23 Å². The van der Waals surface area contributed by atoms with Crippen LogP contribution in [0.2, 0.25) is 0 Å². The van der Waals surface area contributed by atoms with Crippen molar-refractivity contribution in [1.82, 2.24) is 0 Å². The van der Waals surface area contributed by atoms with Crippen LogP contribution >= 0.6 is 0 Å². The Morgan fingerprint density at radius 2 is 1.54 bits per heavy atom. The first kappa shape index (κ1) is 20.2. The molecule has 0 saturated carbocycles. The second-order valence-electron chi connectivity index (χ2n) is 7.12. The molecule has 3 aromatic rings. The number of unbranched alkanes of at least 4 members (excludes halogenated alkanes) is 4. The van der Waals surface area contributed by atoms with Crippen molar-refractivity contribution in [3.8, 4) is 16.9 Å². The molecule has 3 rings (SSSR count). The molecule has 0 bridgehead atoms. The minimum atomic E-state index is -0.851. The highest BCUT2D eigenvalue weighted by molar-refractivity contribution is 5.88. The van der Waals surface area contributed by atoms with E-state index in [1.807, 2.05) is 12.1 Å². The molecule has 0 heterocycles. The summed E-state index contributed by atoms with van der Waals surface area (Å²) in [6.07, 6.45) is 7.02. The lowest BCUT2D eigenvalue weighted by atomic mass is 9.97. The van der Waals surface area contributed by atoms with E-state index >= 15 is 4.39 Å². The van der Waals surface area contributed by atoms with Gasteiger partial charge in [0.2, 0.25) is 0 Å². The Morgan fingerprint density at radius 3 is 2.21 bits per heavy atom. The Balaban J connectivity index is 1.87. The highest BCUT2D eigenvalue weighted by Crippen LogP contribution is 2.33. The summed E-state index contributed by atoms with van der Waals surface area (Å²) in [6.45, 7) is 2.20. The smallest absolute Gasteiger partial charge is 0.190 e. The molecule has 3 aromatic carbocycles. The van der Waals surface area contributed by atoms with Crippen molar-refractivity contribution in [1.29, 1.82) is 0 Å². The minimum Gasteiger partial charge on any atom is -0.491 e. The number of halogens is 3. The molecule has 0 aliphatic heterocycles. The summed E-state index contributed by atoms with van der Waals surface area (Å²) in [5.41, 5.74) is 1.49. The highest BCUT2D eigenvalue weighted by atomic mass is 19.1. The Bertz CT molecular complexity index is 942. The van der Waals surface area contributed by atoms with Gasteiger partial charge in [0.1, 0.15) is 5.82 Å². The fourth-order valence-corrected chi connectivity index (χ4v) is 3.56. The van der Waals surface area contributed by atoms with Crippen LogP contribution in [0.1, 0.15) is 44.6 Å². The third kappa shape index (κ3) is 4.32. The van der Waals surface area contributed by atoms with Gasteiger partial charge in [-0.05, 0) is 41.5 Å². The van der Waals surface area contributed by atoms with E-state index in [9.17, 15) is 8.78 Å². The molecule has 0 aromatic heterocycles. The van der Waals surface area contributed by atoms with Crippen LogP contribution in [0.3, 0.4) is 0 Å². The molecule has 1 nitrogen and oxygen atoms in total. The van der Waals surface area contributed by atoms with Crippen LogP contribution in [0.15, 0.2) is 42.5 Å². The van der Waals surface area contributed by atoms with Crippen LogP contribution in [0, 0.1) is 17.5 Å². The van der Waals surface area contributed by atoms with E-state index in [-0.39, 0.29) is 11.1 Å². The molecule has 0 aliphatic rings. The SMILES string of the molecule is CCCCCCCc1ccc2c(F)c(-c3cc(F)c(OC)c(F)c3)ccc2c1. The molecule has 0 unspecified atom stereocenters. The van der Waals surface area contributed by atoms with Crippen LogP contribution in [0.25, 0.3) is 21.9 Å². The van der Waals surface area contributed by atoms with Crippen molar-refractivity contribution in [2.45, 2.75) is 45.4 Å². The molecule has 28 heavy (non-hydrogen) atoms. The van der Waals surface area contributed by atoms with E-state index in [0.29, 0.717) is 5.39 Å². The quantitative estimate of drug-likeness (QED) is 0.365. The Labute approximate surface area is 164 Å². The standard InChI is InChI=1S/C24H25F3O/c1-3-4-5-6-7-8-16-9-11-19-17(13-16)10-12-20(23(19)27)18-14-21(25)24(28-2)22(26)15-18/h9-15H,3-8H2,1-2H3. The predicted molar refractivity (Wildman–Crippen MR) is 108 cm³/mol. The molecule has 148 valence electrons. The number of methoxy groups -OCH3 is 1. The zero-order valence-electron chi connectivity index (χ0n) is 16.3. The number of fused-ring (bicyclic) bond motifs is 1. The minimum absolute atomic E-state index is 0.148.